The first-order valence-corrected chi connectivity index (χ1v) is 6.67. The number of halogens is 2. The number of nitrogens with zero attached hydrogens (tertiary/aromatic N) is 2. The Balaban J connectivity index is 2.30. The van der Waals surface area contributed by atoms with Crippen LogP contribution in [-0.4, -0.2) is 17.9 Å². The highest BCUT2D eigenvalue weighted by atomic mass is 79.9. The van der Waals surface area contributed by atoms with Gasteiger partial charge in [0, 0.05) is 24.9 Å². The van der Waals surface area contributed by atoms with Gasteiger partial charge in [0.25, 0.3) is 11.6 Å². The molecule has 0 N–H and O–H groups in total. The van der Waals surface area contributed by atoms with Crippen molar-refractivity contribution in [2.24, 2.45) is 0 Å². The molecule has 0 aliphatic heterocycles. The number of benzene rings is 2. The van der Waals surface area contributed by atoms with Crippen molar-refractivity contribution in [3.05, 3.63) is 68.4 Å². The highest BCUT2D eigenvalue weighted by Crippen LogP contribution is 2.24. The van der Waals surface area contributed by atoms with Crippen LogP contribution < -0.4 is 4.90 Å². The zero-order valence-electron chi connectivity index (χ0n) is 10.9. The van der Waals surface area contributed by atoms with Crippen molar-refractivity contribution >= 4 is 33.2 Å². The molecule has 0 spiro atoms. The maximum absolute atomic E-state index is 13.5. The smallest absolute Gasteiger partial charge is 0.269 e. The summed E-state index contributed by atoms with van der Waals surface area (Å²) in [5.41, 5.74) is 0.587. The predicted octanol–water partition coefficient (Wildman–Crippen LogP) is 3.77. The number of nitro benzene ring substituents is 1. The van der Waals surface area contributed by atoms with Gasteiger partial charge in [-0.15, -0.1) is 0 Å². The van der Waals surface area contributed by atoms with Crippen molar-refractivity contribution in [1.82, 2.24) is 0 Å². The largest absolute Gasteiger partial charge is 0.311 e. The molecule has 0 atom stereocenters. The van der Waals surface area contributed by atoms with Gasteiger partial charge in [-0.25, -0.2) is 4.39 Å². The van der Waals surface area contributed by atoms with E-state index < -0.39 is 16.6 Å². The molecule has 0 saturated carbocycles. The van der Waals surface area contributed by atoms with Crippen LogP contribution >= 0.6 is 15.9 Å². The van der Waals surface area contributed by atoms with Crippen LogP contribution in [0.3, 0.4) is 0 Å². The SMILES string of the molecule is CN(C(=O)c1cccc(F)c1Br)c1ccc([N+](=O)[O-])cc1. The van der Waals surface area contributed by atoms with Crippen molar-refractivity contribution in [1.29, 1.82) is 0 Å². The van der Waals surface area contributed by atoms with E-state index in [1.54, 1.807) is 0 Å². The Morgan fingerprint density at radius 3 is 2.43 bits per heavy atom. The summed E-state index contributed by atoms with van der Waals surface area (Å²) in [6.07, 6.45) is 0. The molecular weight excluding hydrogens is 343 g/mol. The van der Waals surface area contributed by atoms with Crippen LogP contribution in [0.2, 0.25) is 0 Å². The Bertz CT molecular complexity index is 704. The molecule has 0 saturated heterocycles. The molecule has 1 amide bonds. The first-order chi connectivity index (χ1) is 9.91. The van der Waals surface area contributed by atoms with Crippen LogP contribution in [0.5, 0.6) is 0 Å². The Morgan fingerprint density at radius 2 is 1.86 bits per heavy atom. The van der Waals surface area contributed by atoms with Crippen LogP contribution in [0, 0.1) is 15.9 Å². The molecular formula is C14H10BrFN2O3. The first-order valence-electron chi connectivity index (χ1n) is 5.88. The molecule has 2 aromatic rings. The average Bonchev–Trinajstić information content (AvgIpc) is 2.48. The van der Waals surface area contributed by atoms with Gasteiger partial charge in [0.1, 0.15) is 5.82 Å². The number of anilines is 1. The summed E-state index contributed by atoms with van der Waals surface area (Å²) in [5.74, 6) is -0.951. The first kappa shape index (κ1) is 15.1. The molecule has 21 heavy (non-hydrogen) atoms. The third-order valence-corrected chi connectivity index (χ3v) is 3.74. The lowest BCUT2D eigenvalue weighted by molar-refractivity contribution is -0.384. The minimum atomic E-state index is -0.530. The zero-order chi connectivity index (χ0) is 15.6. The molecule has 0 unspecified atom stereocenters. The monoisotopic (exact) mass is 352 g/mol. The van der Waals surface area contributed by atoms with Gasteiger partial charge in [-0.2, -0.15) is 0 Å². The molecule has 2 aromatic carbocycles. The van der Waals surface area contributed by atoms with E-state index in [1.165, 1.54) is 54.4 Å². The van der Waals surface area contributed by atoms with Crippen molar-refractivity contribution in [3.8, 4) is 0 Å². The number of amides is 1. The van der Waals surface area contributed by atoms with Gasteiger partial charge >= 0.3 is 0 Å². The van der Waals surface area contributed by atoms with Crippen LogP contribution in [0.1, 0.15) is 10.4 Å². The van der Waals surface area contributed by atoms with Crippen LogP contribution in [0.4, 0.5) is 15.8 Å². The third kappa shape index (κ3) is 3.08. The molecule has 2 rings (SSSR count). The zero-order valence-corrected chi connectivity index (χ0v) is 12.5. The maximum atomic E-state index is 13.5. The van der Waals surface area contributed by atoms with Gasteiger partial charge in [-0.3, -0.25) is 14.9 Å². The maximum Gasteiger partial charge on any atom is 0.269 e. The van der Waals surface area contributed by atoms with E-state index in [4.69, 9.17) is 0 Å². The van der Waals surface area contributed by atoms with E-state index in [9.17, 15) is 19.3 Å². The van der Waals surface area contributed by atoms with Crippen LogP contribution in [-0.2, 0) is 0 Å². The number of rotatable bonds is 3. The minimum absolute atomic E-state index is 0.0634. The molecule has 0 bridgehead atoms. The summed E-state index contributed by atoms with van der Waals surface area (Å²) in [5, 5.41) is 10.6. The summed E-state index contributed by atoms with van der Waals surface area (Å²) < 4.78 is 13.5. The highest BCUT2D eigenvalue weighted by molar-refractivity contribution is 9.10. The van der Waals surface area contributed by atoms with Crippen molar-refractivity contribution in [2.45, 2.75) is 0 Å². The summed E-state index contributed by atoms with van der Waals surface area (Å²) in [6, 6.07) is 9.72. The van der Waals surface area contributed by atoms with E-state index in [2.05, 4.69) is 15.9 Å². The lowest BCUT2D eigenvalue weighted by Gasteiger charge is -2.18. The molecule has 5 nitrogen and oxygen atoms in total. The standard InChI is InChI=1S/C14H10BrFN2O3/c1-17(9-5-7-10(8-6-9)18(20)21)14(19)11-3-2-4-12(16)13(11)15/h2-8H,1H3. The number of hydrogen-bond acceptors (Lipinski definition) is 3. The number of carbonyl (C=O) groups excluding carboxylic acids is 1. The molecule has 0 aliphatic rings. The van der Waals surface area contributed by atoms with Gasteiger partial charge < -0.3 is 4.90 Å². The van der Waals surface area contributed by atoms with Gasteiger partial charge in [0.05, 0.1) is 15.0 Å². The lowest BCUT2D eigenvalue weighted by Crippen LogP contribution is -2.26. The summed E-state index contributed by atoms with van der Waals surface area (Å²) in [4.78, 5) is 23.7. The average molecular weight is 353 g/mol. The van der Waals surface area contributed by atoms with E-state index in [0.29, 0.717) is 5.69 Å². The second-order valence-corrected chi connectivity index (χ2v) is 5.03. The van der Waals surface area contributed by atoms with E-state index in [-0.39, 0.29) is 15.7 Å². The quantitative estimate of drug-likeness (QED) is 0.623. The van der Waals surface area contributed by atoms with Crippen molar-refractivity contribution < 1.29 is 14.1 Å². The Hall–Kier alpha value is -2.28. The number of hydrogen-bond donors (Lipinski definition) is 0. The number of nitro groups is 1. The molecule has 0 aliphatic carbocycles. The van der Waals surface area contributed by atoms with E-state index in [0.717, 1.165) is 0 Å². The topological polar surface area (TPSA) is 63.5 Å². The summed E-state index contributed by atoms with van der Waals surface area (Å²) in [7, 11) is 1.51. The summed E-state index contributed by atoms with van der Waals surface area (Å²) in [6.45, 7) is 0. The molecule has 0 fully saturated rings. The second-order valence-electron chi connectivity index (χ2n) is 4.24. The molecule has 0 aromatic heterocycles. The van der Waals surface area contributed by atoms with E-state index in [1.807, 2.05) is 0 Å². The Morgan fingerprint density at radius 1 is 1.24 bits per heavy atom. The predicted molar refractivity (Wildman–Crippen MR) is 79.9 cm³/mol. The highest BCUT2D eigenvalue weighted by Gasteiger charge is 2.18. The Kier molecular flexibility index (Phi) is 4.32. The number of carbonyl (C=O) groups is 1. The fraction of sp³-hybridized carbons (Fsp3) is 0.0714. The third-order valence-electron chi connectivity index (χ3n) is 2.93. The summed E-state index contributed by atoms with van der Waals surface area (Å²) >= 11 is 3.04. The van der Waals surface area contributed by atoms with Crippen LogP contribution in [0.15, 0.2) is 46.9 Å². The van der Waals surface area contributed by atoms with Crippen LogP contribution in [0.25, 0.3) is 0 Å². The molecule has 108 valence electrons. The van der Waals surface area contributed by atoms with E-state index >= 15 is 0 Å². The second kappa shape index (κ2) is 6.01. The molecule has 0 heterocycles. The minimum Gasteiger partial charge on any atom is -0.311 e. The van der Waals surface area contributed by atoms with Gasteiger partial charge in [-0.1, -0.05) is 6.07 Å². The van der Waals surface area contributed by atoms with Gasteiger partial charge in [0.15, 0.2) is 0 Å². The lowest BCUT2D eigenvalue weighted by atomic mass is 10.2. The molecule has 7 heteroatoms. The number of non-ortho nitro benzene ring substituents is 1. The fourth-order valence-electron chi connectivity index (χ4n) is 1.76. The van der Waals surface area contributed by atoms with Gasteiger partial charge in [-0.05, 0) is 40.2 Å². The fourth-order valence-corrected chi connectivity index (χ4v) is 2.20. The normalized spacial score (nSPS) is 10.2. The van der Waals surface area contributed by atoms with Crippen molar-refractivity contribution in [3.63, 3.8) is 0 Å². The van der Waals surface area contributed by atoms with Gasteiger partial charge in [0.2, 0.25) is 0 Å². The van der Waals surface area contributed by atoms with Crippen molar-refractivity contribution in [2.75, 3.05) is 11.9 Å². The molecule has 0 radical (unpaired) electrons. The Labute approximate surface area is 128 Å².